The van der Waals surface area contributed by atoms with Gasteiger partial charge in [-0.2, -0.15) is 0 Å². The summed E-state index contributed by atoms with van der Waals surface area (Å²) in [7, 11) is 0. The first-order chi connectivity index (χ1) is 3.62. The molecule has 0 aromatic heterocycles. The molecule has 1 fully saturated rings. The van der Waals surface area contributed by atoms with Gasteiger partial charge < -0.3 is 15.6 Å². The van der Waals surface area contributed by atoms with Crippen LogP contribution in [0.4, 0.5) is 4.79 Å². The van der Waals surface area contributed by atoms with Gasteiger partial charge in [-0.3, -0.25) is 0 Å². The Kier molecular flexibility index (Phi) is 0.907. The van der Waals surface area contributed by atoms with Crippen LogP contribution in [0.25, 0.3) is 0 Å². The second-order valence-electron chi connectivity index (χ2n) is 1.87. The number of ether oxygens (including phenoxy) is 1. The highest BCUT2D eigenvalue weighted by atomic mass is 16.7. The van der Waals surface area contributed by atoms with Crippen LogP contribution >= 0.6 is 0 Å². The fourth-order valence-electron chi connectivity index (χ4n) is 0.396. The van der Waals surface area contributed by atoms with Crippen molar-refractivity contribution in [2.24, 2.45) is 5.73 Å². The van der Waals surface area contributed by atoms with E-state index >= 15 is 0 Å². The fourth-order valence-corrected chi connectivity index (χ4v) is 0.396. The standard InChI is InChI=1S/C4H7NO3/c5-3(6)8-4(7)1-2-4/h7H,1-2H2,(H2,5,6). The molecule has 4 nitrogen and oxygen atoms in total. The summed E-state index contributed by atoms with van der Waals surface area (Å²) >= 11 is 0. The molecule has 0 saturated heterocycles. The van der Waals surface area contributed by atoms with Crippen molar-refractivity contribution in [3.8, 4) is 0 Å². The minimum absolute atomic E-state index is 0.510. The van der Waals surface area contributed by atoms with Gasteiger partial charge in [0.25, 0.3) is 0 Å². The van der Waals surface area contributed by atoms with Gasteiger partial charge in [0.05, 0.1) is 0 Å². The first-order valence-electron chi connectivity index (χ1n) is 2.33. The largest absolute Gasteiger partial charge is 0.417 e. The van der Waals surface area contributed by atoms with Crippen LogP contribution in [0.3, 0.4) is 0 Å². The summed E-state index contributed by atoms with van der Waals surface area (Å²) in [5, 5.41) is 8.78. The maximum Gasteiger partial charge on any atom is 0.407 e. The predicted molar refractivity (Wildman–Crippen MR) is 24.9 cm³/mol. The van der Waals surface area contributed by atoms with Crippen LogP contribution in [0.1, 0.15) is 12.8 Å². The van der Waals surface area contributed by atoms with Crippen molar-refractivity contribution >= 4 is 6.09 Å². The van der Waals surface area contributed by atoms with Gasteiger partial charge >= 0.3 is 6.09 Å². The second-order valence-corrected chi connectivity index (χ2v) is 1.87. The van der Waals surface area contributed by atoms with Gasteiger partial charge in [0.2, 0.25) is 5.79 Å². The third-order valence-electron chi connectivity index (χ3n) is 0.968. The van der Waals surface area contributed by atoms with Crippen LogP contribution in [0.2, 0.25) is 0 Å². The van der Waals surface area contributed by atoms with Gasteiger partial charge in [-0.1, -0.05) is 0 Å². The zero-order chi connectivity index (χ0) is 6.20. The molecule has 0 bridgehead atoms. The van der Waals surface area contributed by atoms with Crippen LogP contribution in [-0.4, -0.2) is 17.0 Å². The van der Waals surface area contributed by atoms with Crippen molar-refractivity contribution in [3.05, 3.63) is 0 Å². The Balaban J connectivity index is 2.29. The van der Waals surface area contributed by atoms with E-state index in [0.717, 1.165) is 0 Å². The van der Waals surface area contributed by atoms with Crippen molar-refractivity contribution in [1.82, 2.24) is 0 Å². The Labute approximate surface area is 46.2 Å². The number of nitrogens with two attached hydrogens (primary N) is 1. The summed E-state index contributed by atoms with van der Waals surface area (Å²) in [6.07, 6.45) is 0.108. The molecule has 1 saturated carbocycles. The monoisotopic (exact) mass is 117 g/mol. The average Bonchev–Trinajstić information content (AvgIpc) is 2.17. The molecule has 0 aliphatic heterocycles. The van der Waals surface area contributed by atoms with Crippen LogP contribution in [-0.2, 0) is 4.74 Å². The zero-order valence-electron chi connectivity index (χ0n) is 4.26. The Morgan fingerprint density at radius 3 is 2.38 bits per heavy atom. The fraction of sp³-hybridized carbons (Fsp3) is 0.750. The quantitative estimate of drug-likeness (QED) is 0.457. The first-order valence-corrected chi connectivity index (χ1v) is 2.33. The third kappa shape index (κ3) is 1.10. The minimum Gasteiger partial charge on any atom is -0.417 e. The van der Waals surface area contributed by atoms with Crippen LogP contribution < -0.4 is 5.73 Å². The molecule has 1 aliphatic rings. The van der Waals surface area contributed by atoms with E-state index in [4.69, 9.17) is 5.11 Å². The number of carbonyl (C=O) groups is 1. The van der Waals surface area contributed by atoms with E-state index in [-0.39, 0.29) is 0 Å². The van der Waals surface area contributed by atoms with Gasteiger partial charge in [-0.15, -0.1) is 0 Å². The highest BCUT2D eigenvalue weighted by Crippen LogP contribution is 2.35. The molecule has 0 aromatic carbocycles. The lowest BCUT2D eigenvalue weighted by Gasteiger charge is -2.04. The lowest BCUT2D eigenvalue weighted by Crippen LogP contribution is -2.23. The van der Waals surface area contributed by atoms with Gasteiger partial charge in [-0.25, -0.2) is 4.79 Å². The van der Waals surface area contributed by atoms with Gasteiger partial charge in [-0.05, 0) is 0 Å². The Morgan fingerprint density at radius 1 is 1.75 bits per heavy atom. The number of rotatable bonds is 1. The first kappa shape index (κ1) is 5.37. The molecule has 1 aliphatic carbocycles. The molecule has 0 atom stereocenters. The van der Waals surface area contributed by atoms with Crippen molar-refractivity contribution in [3.63, 3.8) is 0 Å². The molecule has 0 radical (unpaired) electrons. The van der Waals surface area contributed by atoms with Crippen molar-refractivity contribution in [2.45, 2.75) is 18.6 Å². The third-order valence-corrected chi connectivity index (χ3v) is 0.968. The molecule has 1 rings (SSSR count). The average molecular weight is 117 g/mol. The van der Waals surface area contributed by atoms with Gasteiger partial charge in [0.1, 0.15) is 0 Å². The predicted octanol–water partition coefficient (Wildman–Crippen LogP) is -0.436. The highest BCUT2D eigenvalue weighted by molar-refractivity contribution is 5.65. The second kappa shape index (κ2) is 1.35. The molecule has 0 aromatic rings. The Bertz CT molecular complexity index is 118. The van der Waals surface area contributed by atoms with Crippen molar-refractivity contribution in [1.29, 1.82) is 0 Å². The molecule has 0 heterocycles. The SMILES string of the molecule is NC(=O)OC1(O)CC1. The van der Waals surface area contributed by atoms with E-state index in [9.17, 15) is 4.79 Å². The number of hydrogen-bond acceptors (Lipinski definition) is 3. The topological polar surface area (TPSA) is 72.6 Å². The summed E-state index contributed by atoms with van der Waals surface area (Å²) in [6, 6.07) is 0. The zero-order valence-corrected chi connectivity index (χ0v) is 4.26. The number of amides is 1. The van der Waals surface area contributed by atoms with E-state index in [2.05, 4.69) is 10.5 Å². The summed E-state index contributed by atoms with van der Waals surface area (Å²) in [4.78, 5) is 9.89. The van der Waals surface area contributed by atoms with E-state index in [0.29, 0.717) is 12.8 Å². The summed E-state index contributed by atoms with van der Waals surface area (Å²) in [6.45, 7) is 0. The maximum absolute atomic E-state index is 9.89. The van der Waals surface area contributed by atoms with E-state index < -0.39 is 11.9 Å². The number of aliphatic hydroxyl groups is 1. The Hall–Kier alpha value is -0.770. The molecule has 8 heavy (non-hydrogen) atoms. The molecular weight excluding hydrogens is 110 g/mol. The lowest BCUT2D eigenvalue weighted by atomic mass is 10.7. The minimum atomic E-state index is -1.20. The van der Waals surface area contributed by atoms with Gasteiger partial charge in [0, 0.05) is 12.8 Å². The lowest BCUT2D eigenvalue weighted by molar-refractivity contribution is -0.0736. The summed E-state index contributed by atoms with van der Waals surface area (Å²) in [5.74, 6) is -1.20. The highest BCUT2D eigenvalue weighted by Gasteiger charge is 2.44. The van der Waals surface area contributed by atoms with E-state index in [1.54, 1.807) is 0 Å². The molecule has 3 N–H and O–H groups in total. The normalized spacial score (nSPS) is 22.1. The molecule has 1 amide bonds. The van der Waals surface area contributed by atoms with Crippen molar-refractivity contribution in [2.75, 3.05) is 0 Å². The smallest absolute Gasteiger partial charge is 0.407 e. The summed E-state index contributed by atoms with van der Waals surface area (Å²) in [5.41, 5.74) is 4.60. The number of primary amides is 1. The summed E-state index contributed by atoms with van der Waals surface area (Å²) < 4.78 is 4.24. The van der Waals surface area contributed by atoms with Crippen LogP contribution in [0.15, 0.2) is 0 Å². The van der Waals surface area contributed by atoms with E-state index in [1.165, 1.54) is 0 Å². The molecule has 46 valence electrons. The van der Waals surface area contributed by atoms with Crippen LogP contribution in [0, 0.1) is 0 Å². The van der Waals surface area contributed by atoms with Crippen LogP contribution in [0.5, 0.6) is 0 Å². The molecular formula is C4H7NO3. The van der Waals surface area contributed by atoms with E-state index in [1.807, 2.05) is 0 Å². The number of carbonyl (C=O) groups excluding carboxylic acids is 1. The Morgan fingerprint density at radius 2 is 2.25 bits per heavy atom. The molecule has 0 unspecified atom stereocenters. The van der Waals surface area contributed by atoms with Crippen molar-refractivity contribution < 1.29 is 14.6 Å². The van der Waals surface area contributed by atoms with Gasteiger partial charge in [0.15, 0.2) is 0 Å². The maximum atomic E-state index is 9.89. The molecule has 4 heteroatoms. The molecule has 0 spiro atoms. The number of hydrogen-bond donors (Lipinski definition) is 2.